The van der Waals surface area contributed by atoms with E-state index in [1.54, 1.807) is 7.05 Å². The van der Waals surface area contributed by atoms with Gasteiger partial charge in [0.2, 0.25) is 0 Å². The molecule has 0 atom stereocenters. The Morgan fingerprint density at radius 2 is 2.10 bits per heavy atom. The minimum absolute atomic E-state index is 0.0164. The van der Waals surface area contributed by atoms with Crippen LogP contribution in [0.5, 0.6) is 5.75 Å². The molecule has 156 valence electrons. The van der Waals surface area contributed by atoms with Crippen molar-refractivity contribution in [3.8, 4) is 5.75 Å². The summed E-state index contributed by atoms with van der Waals surface area (Å²) in [5.74, 6) is -1.93. The third-order valence-electron chi connectivity index (χ3n) is 4.37. The molecule has 0 fully saturated rings. The first-order valence-electron chi connectivity index (χ1n) is 8.44. The van der Waals surface area contributed by atoms with Crippen LogP contribution in [0.25, 0.3) is 11.1 Å². The first-order valence-corrected chi connectivity index (χ1v) is 8.44. The Balaban J connectivity index is 2.55. The van der Waals surface area contributed by atoms with Gasteiger partial charge in [0.1, 0.15) is 0 Å². The van der Waals surface area contributed by atoms with Crippen molar-refractivity contribution in [3.63, 3.8) is 0 Å². The van der Waals surface area contributed by atoms with E-state index in [0.717, 1.165) is 6.21 Å². The number of amides is 1. The molecule has 0 aromatic heterocycles. The van der Waals surface area contributed by atoms with Gasteiger partial charge in [-0.2, -0.15) is 13.2 Å². The van der Waals surface area contributed by atoms with Gasteiger partial charge in [0.05, 0.1) is 12.0 Å². The fourth-order valence-electron chi connectivity index (χ4n) is 3.01. The summed E-state index contributed by atoms with van der Waals surface area (Å²) in [6.45, 7) is -0.402. The van der Waals surface area contributed by atoms with Gasteiger partial charge >= 0.3 is 17.8 Å². The third-order valence-corrected chi connectivity index (χ3v) is 4.37. The summed E-state index contributed by atoms with van der Waals surface area (Å²) in [6, 6.07) is 2.68. The molecule has 0 unspecified atom stereocenters. The van der Waals surface area contributed by atoms with Crippen molar-refractivity contribution >= 4 is 29.0 Å². The molecule has 0 bridgehead atoms. The molecule has 2 rings (SSSR count). The van der Waals surface area contributed by atoms with Crippen LogP contribution in [0.3, 0.4) is 0 Å². The van der Waals surface area contributed by atoms with Gasteiger partial charge in [0.25, 0.3) is 0 Å². The second-order valence-corrected chi connectivity index (χ2v) is 6.09. The lowest BCUT2D eigenvalue weighted by Gasteiger charge is -2.28. The van der Waals surface area contributed by atoms with Crippen LogP contribution in [0.2, 0.25) is 0 Å². The van der Waals surface area contributed by atoms with Crippen LogP contribution in [-0.4, -0.2) is 55.4 Å². The van der Waals surface area contributed by atoms with Gasteiger partial charge in [0, 0.05) is 44.2 Å². The summed E-state index contributed by atoms with van der Waals surface area (Å²) in [6.07, 6.45) is -0.881. The van der Waals surface area contributed by atoms with Crippen LogP contribution in [0, 0.1) is 15.5 Å². The number of halogens is 3. The highest BCUT2D eigenvalue weighted by atomic mass is 19.4. The van der Waals surface area contributed by atoms with Gasteiger partial charge in [-0.05, 0) is 29.2 Å². The number of ether oxygens (including phenoxy) is 1. The highest BCUT2D eigenvalue weighted by molar-refractivity contribution is 6.10. The molecule has 0 saturated heterocycles. The molecular formula is C18H19F3N4O4. The minimum Gasteiger partial charge on any atom is -0.490 e. The first-order chi connectivity index (χ1) is 13.6. The fourth-order valence-corrected chi connectivity index (χ4v) is 3.01. The summed E-state index contributed by atoms with van der Waals surface area (Å²) in [5.41, 5.74) is 1.46. The number of nitro benzene ring substituents is 1. The molecule has 8 nitrogen and oxygen atoms in total. The Kier molecular flexibility index (Phi) is 6.62. The first kappa shape index (κ1) is 21.9. The largest absolute Gasteiger partial charge is 0.490 e. The zero-order valence-electron chi connectivity index (χ0n) is 15.7. The van der Waals surface area contributed by atoms with Gasteiger partial charge < -0.3 is 20.4 Å². The van der Waals surface area contributed by atoms with Crippen LogP contribution in [0.1, 0.15) is 17.5 Å². The van der Waals surface area contributed by atoms with Crippen molar-refractivity contribution in [2.45, 2.75) is 12.6 Å². The van der Waals surface area contributed by atoms with Crippen molar-refractivity contribution in [1.29, 1.82) is 5.41 Å². The molecule has 0 aliphatic carbocycles. The number of nitrogens with zero attached hydrogens (tertiary/aromatic N) is 2. The average Bonchev–Trinajstić information content (AvgIpc) is 2.69. The normalized spacial score (nSPS) is 14.9. The molecule has 29 heavy (non-hydrogen) atoms. The number of alkyl halides is 3. The molecule has 1 amide bonds. The van der Waals surface area contributed by atoms with E-state index in [4.69, 9.17) is 10.1 Å². The maximum absolute atomic E-state index is 12.6. The quantitative estimate of drug-likeness (QED) is 0.424. The van der Waals surface area contributed by atoms with Crippen molar-refractivity contribution in [2.24, 2.45) is 0 Å². The average molecular weight is 412 g/mol. The van der Waals surface area contributed by atoms with Crippen LogP contribution in [0.15, 0.2) is 24.4 Å². The molecule has 11 heteroatoms. The Hall–Kier alpha value is -3.37. The second-order valence-electron chi connectivity index (χ2n) is 6.09. The molecule has 0 saturated carbocycles. The molecule has 1 aromatic carbocycles. The number of allylic oxidation sites excluding steroid dienone is 1. The van der Waals surface area contributed by atoms with Crippen LogP contribution >= 0.6 is 0 Å². The fraction of sp³-hybridized carbons (Fsp3) is 0.333. The molecule has 1 aliphatic heterocycles. The standard InChI is InChI=1S/C18H19F3N4O4/c1-23-10-12(9-22)13-7-15(25(27)28)16(29-2)8-14(13)11-3-5-24(6-4-11)17(26)18(19,20)21/h3,7-10,22-23H,4-6H2,1-2H3/b12-10+,22-9?. The third kappa shape index (κ3) is 4.73. The summed E-state index contributed by atoms with van der Waals surface area (Å²) in [4.78, 5) is 22.9. The van der Waals surface area contributed by atoms with Crippen molar-refractivity contribution in [1.82, 2.24) is 10.2 Å². The highest BCUT2D eigenvalue weighted by Crippen LogP contribution is 2.38. The zero-order chi connectivity index (χ0) is 21.8. The lowest BCUT2D eigenvalue weighted by molar-refractivity contribution is -0.385. The Morgan fingerprint density at radius 3 is 2.55 bits per heavy atom. The number of benzene rings is 1. The second kappa shape index (κ2) is 8.76. The molecular weight excluding hydrogens is 393 g/mol. The van der Waals surface area contributed by atoms with Gasteiger partial charge in [-0.15, -0.1) is 0 Å². The van der Waals surface area contributed by atoms with Gasteiger partial charge in [-0.25, -0.2) is 0 Å². The Labute approximate surface area is 164 Å². The van der Waals surface area contributed by atoms with E-state index in [0.29, 0.717) is 27.2 Å². The molecule has 0 spiro atoms. The molecule has 2 N–H and O–H groups in total. The van der Waals surface area contributed by atoms with Crippen LogP contribution in [-0.2, 0) is 4.79 Å². The van der Waals surface area contributed by atoms with Gasteiger partial charge in [-0.1, -0.05) is 6.08 Å². The van der Waals surface area contributed by atoms with E-state index in [2.05, 4.69) is 5.32 Å². The number of carbonyl (C=O) groups is 1. The predicted molar refractivity (Wildman–Crippen MR) is 101 cm³/mol. The smallest absolute Gasteiger partial charge is 0.471 e. The van der Waals surface area contributed by atoms with E-state index in [-0.39, 0.29) is 30.9 Å². The summed E-state index contributed by atoms with van der Waals surface area (Å²) >= 11 is 0. The molecule has 1 heterocycles. The van der Waals surface area contributed by atoms with Crippen LogP contribution < -0.4 is 10.1 Å². The topological polar surface area (TPSA) is 109 Å². The van der Waals surface area contributed by atoms with Crippen molar-refractivity contribution in [3.05, 3.63) is 45.6 Å². The van der Waals surface area contributed by atoms with E-state index in [9.17, 15) is 28.1 Å². The maximum Gasteiger partial charge on any atom is 0.471 e. The SMILES string of the molecule is CN/C=C(\C=N)c1cc([N+](=O)[O-])c(OC)cc1C1=CCN(C(=O)C(F)(F)F)CC1. The zero-order valence-corrected chi connectivity index (χ0v) is 15.7. The van der Waals surface area contributed by atoms with E-state index in [1.165, 1.54) is 31.5 Å². The van der Waals surface area contributed by atoms with Crippen molar-refractivity contribution in [2.75, 3.05) is 27.2 Å². The number of hydrogen-bond acceptors (Lipinski definition) is 6. The Bertz CT molecular complexity index is 894. The number of rotatable bonds is 6. The maximum atomic E-state index is 12.6. The lowest BCUT2D eigenvalue weighted by Crippen LogP contribution is -2.43. The monoisotopic (exact) mass is 412 g/mol. The number of carbonyl (C=O) groups excluding carboxylic acids is 1. The van der Waals surface area contributed by atoms with E-state index >= 15 is 0 Å². The van der Waals surface area contributed by atoms with Gasteiger partial charge in [0.15, 0.2) is 5.75 Å². The lowest BCUT2D eigenvalue weighted by atomic mass is 9.90. The van der Waals surface area contributed by atoms with Gasteiger partial charge in [-0.3, -0.25) is 14.9 Å². The number of hydrogen-bond donors (Lipinski definition) is 2. The molecule has 1 aliphatic rings. The summed E-state index contributed by atoms with van der Waals surface area (Å²) in [7, 11) is 2.87. The molecule has 0 radical (unpaired) electrons. The number of nitro groups is 1. The number of methoxy groups -OCH3 is 1. The molecule has 1 aromatic rings. The van der Waals surface area contributed by atoms with Crippen molar-refractivity contribution < 1.29 is 27.6 Å². The van der Waals surface area contributed by atoms with E-state index in [1.807, 2.05) is 0 Å². The Morgan fingerprint density at radius 1 is 1.41 bits per heavy atom. The highest BCUT2D eigenvalue weighted by Gasteiger charge is 2.42. The van der Waals surface area contributed by atoms with Crippen LogP contribution in [0.4, 0.5) is 18.9 Å². The van der Waals surface area contributed by atoms with E-state index < -0.39 is 17.0 Å². The number of nitrogens with one attached hydrogen (secondary N) is 2. The predicted octanol–water partition coefficient (Wildman–Crippen LogP) is 2.99. The summed E-state index contributed by atoms with van der Waals surface area (Å²) in [5, 5.41) is 21.7. The minimum atomic E-state index is -4.95. The summed E-state index contributed by atoms with van der Waals surface area (Å²) < 4.78 is 43.0.